The Morgan fingerprint density at radius 2 is 2.04 bits per heavy atom. The van der Waals surface area contributed by atoms with Crippen LogP contribution in [-0.4, -0.2) is 23.8 Å². The van der Waals surface area contributed by atoms with Crippen molar-refractivity contribution in [3.63, 3.8) is 0 Å². The molecule has 0 unspecified atom stereocenters. The first-order valence-electron chi connectivity index (χ1n) is 7.83. The fourth-order valence-electron chi connectivity index (χ4n) is 2.50. The molecule has 23 heavy (non-hydrogen) atoms. The number of nitrogens with zero attached hydrogens (tertiary/aromatic N) is 1. The first kappa shape index (κ1) is 17.1. The van der Waals surface area contributed by atoms with Gasteiger partial charge in [-0.05, 0) is 50.1 Å². The molecule has 5 nitrogen and oxygen atoms in total. The summed E-state index contributed by atoms with van der Waals surface area (Å²) in [6.07, 6.45) is 1.84. The van der Waals surface area contributed by atoms with Crippen molar-refractivity contribution in [1.29, 1.82) is 0 Å². The standard InChI is InChI=1S/C18H25N3O2/c1-5-23-11-13(3)20-17-9-14(6-7-16(17)19)15-8-12(2)18(22)21(4)10-15/h6-10,13,20H,5,11,19H2,1-4H3/t13-/m1/s1. The summed E-state index contributed by atoms with van der Waals surface area (Å²) in [5.41, 5.74) is 10.4. The van der Waals surface area contributed by atoms with Crippen LogP contribution in [0.5, 0.6) is 0 Å². The van der Waals surface area contributed by atoms with E-state index in [1.54, 1.807) is 11.6 Å². The third-order valence-corrected chi connectivity index (χ3v) is 3.72. The van der Waals surface area contributed by atoms with Crippen molar-refractivity contribution in [1.82, 2.24) is 4.57 Å². The van der Waals surface area contributed by atoms with Gasteiger partial charge in [0.05, 0.1) is 18.0 Å². The van der Waals surface area contributed by atoms with E-state index in [1.807, 2.05) is 44.3 Å². The zero-order chi connectivity index (χ0) is 17.0. The number of aromatic nitrogens is 1. The van der Waals surface area contributed by atoms with Crippen LogP contribution in [0.2, 0.25) is 0 Å². The van der Waals surface area contributed by atoms with E-state index < -0.39 is 0 Å². The topological polar surface area (TPSA) is 69.3 Å². The van der Waals surface area contributed by atoms with E-state index >= 15 is 0 Å². The van der Waals surface area contributed by atoms with Crippen molar-refractivity contribution >= 4 is 11.4 Å². The van der Waals surface area contributed by atoms with Crippen LogP contribution < -0.4 is 16.6 Å². The predicted molar refractivity (Wildman–Crippen MR) is 95.8 cm³/mol. The fraction of sp³-hybridized carbons (Fsp3) is 0.389. The predicted octanol–water partition coefficient (Wildman–Crippen LogP) is 2.78. The van der Waals surface area contributed by atoms with E-state index in [4.69, 9.17) is 10.5 Å². The number of rotatable bonds is 6. The molecule has 5 heteroatoms. The highest BCUT2D eigenvalue weighted by molar-refractivity contribution is 5.76. The molecule has 1 aromatic heterocycles. The molecule has 0 saturated heterocycles. The van der Waals surface area contributed by atoms with Crippen molar-refractivity contribution in [3.8, 4) is 11.1 Å². The van der Waals surface area contributed by atoms with Crippen molar-refractivity contribution in [3.05, 3.63) is 46.4 Å². The number of ether oxygens (including phenoxy) is 1. The number of aryl methyl sites for hydroxylation is 2. The smallest absolute Gasteiger partial charge is 0.253 e. The number of nitrogens with two attached hydrogens (primary N) is 1. The van der Waals surface area contributed by atoms with Crippen LogP contribution in [0.3, 0.4) is 0 Å². The Bertz CT molecular complexity index is 711. The van der Waals surface area contributed by atoms with Gasteiger partial charge in [-0.3, -0.25) is 4.79 Å². The average molecular weight is 315 g/mol. The lowest BCUT2D eigenvalue weighted by atomic mass is 10.0. The summed E-state index contributed by atoms with van der Waals surface area (Å²) in [5.74, 6) is 0. The summed E-state index contributed by atoms with van der Waals surface area (Å²) in [6, 6.07) is 7.92. The monoisotopic (exact) mass is 315 g/mol. The van der Waals surface area contributed by atoms with E-state index in [1.165, 1.54) is 0 Å². The molecule has 1 heterocycles. The van der Waals surface area contributed by atoms with Gasteiger partial charge in [-0.2, -0.15) is 0 Å². The van der Waals surface area contributed by atoms with Crippen LogP contribution in [0.15, 0.2) is 35.3 Å². The van der Waals surface area contributed by atoms with Crippen molar-refractivity contribution in [2.75, 3.05) is 24.3 Å². The molecule has 2 aromatic rings. The molecule has 0 aliphatic carbocycles. The van der Waals surface area contributed by atoms with Crippen LogP contribution >= 0.6 is 0 Å². The van der Waals surface area contributed by atoms with Gasteiger partial charge < -0.3 is 20.4 Å². The Labute approximate surface area is 137 Å². The molecular weight excluding hydrogens is 290 g/mol. The summed E-state index contributed by atoms with van der Waals surface area (Å²) in [6.45, 7) is 7.17. The van der Waals surface area contributed by atoms with E-state index in [-0.39, 0.29) is 11.6 Å². The second-order valence-electron chi connectivity index (χ2n) is 5.83. The first-order valence-corrected chi connectivity index (χ1v) is 7.83. The third kappa shape index (κ3) is 4.13. The summed E-state index contributed by atoms with van der Waals surface area (Å²) in [4.78, 5) is 11.8. The largest absolute Gasteiger partial charge is 0.397 e. The normalized spacial score (nSPS) is 12.2. The minimum absolute atomic E-state index is 0.0212. The van der Waals surface area contributed by atoms with Gasteiger partial charge in [0, 0.05) is 31.5 Å². The molecule has 0 aliphatic rings. The number of pyridine rings is 1. The highest BCUT2D eigenvalue weighted by Gasteiger charge is 2.09. The van der Waals surface area contributed by atoms with E-state index in [2.05, 4.69) is 12.2 Å². The Hall–Kier alpha value is -2.27. The van der Waals surface area contributed by atoms with E-state index in [9.17, 15) is 4.79 Å². The van der Waals surface area contributed by atoms with Gasteiger partial charge in [0.15, 0.2) is 0 Å². The maximum absolute atomic E-state index is 11.8. The average Bonchev–Trinajstić information content (AvgIpc) is 2.52. The zero-order valence-corrected chi connectivity index (χ0v) is 14.2. The van der Waals surface area contributed by atoms with Crippen LogP contribution in [0.4, 0.5) is 11.4 Å². The molecular formula is C18H25N3O2. The highest BCUT2D eigenvalue weighted by Crippen LogP contribution is 2.27. The third-order valence-electron chi connectivity index (χ3n) is 3.72. The highest BCUT2D eigenvalue weighted by atomic mass is 16.5. The Morgan fingerprint density at radius 3 is 2.70 bits per heavy atom. The molecule has 0 amide bonds. The number of nitrogen functional groups attached to an aromatic ring is 1. The van der Waals surface area contributed by atoms with Crippen LogP contribution in [-0.2, 0) is 11.8 Å². The molecule has 1 aromatic carbocycles. The lowest BCUT2D eigenvalue weighted by Crippen LogP contribution is -2.22. The van der Waals surface area contributed by atoms with Crippen molar-refractivity contribution in [2.24, 2.45) is 7.05 Å². The molecule has 0 fully saturated rings. The zero-order valence-electron chi connectivity index (χ0n) is 14.2. The molecule has 3 N–H and O–H groups in total. The molecule has 0 spiro atoms. The SMILES string of the molecule is CCOC[C@@H](C)Nc1cc(-c2cc(C)c(=O)n(C)c2)ccc1N. The molecule has 0 radical (unpaired) electrons. The quantitative estimate of drug-likeness (QED) is 0.804. The Morgan fingerprint density at radius 1 is 1.30 bits per heavy atom. The number of hydrogen-bond donors (Lipinski definition) is 2. The van der Waals surface area contributed by atoms with Gasteiger partial charge in [0.1, 0.15) is 0 Å². The minimum Gasteiger partial charge on any atom is -0.397 e. The number of benzene rings is 1. The first-order chi connectivity index (χ1) is 10.9. The van der Waals surface area contributed by atoms with Crippen LogP contribution in [0, 0.1) is 6.92 Å². The van der Waals surface area contributed by atoms with Gasteiger partial charge in [0.2, 0.25) is 0 Å². The van der Waals surface area contributed by atoms with Gasteiger partial charge in [-0.15, -0.1) is 0 Å². The maximum Gasteiger partial charge on any atom is 0.253 e. The molecule has 1 atom stereocenters. The second-order valence-corrected chi connectivity index (χ2v) is 5.83. The minimum atomic E-state index is 0.0212. The lowest BCUT2D eigenvalue weighted by molar-refractivity contribution is 0.141. The molecule has 2 rings (SSSR count). The van der Waals surface area contributed by atoms with Crippen LogP contribution in [0.25, 0.3) is 11.1 Å². The van der Waals surface area contributed by atoms with E-state index in [0.29, 0.717) is 18.9 Å². The molecule has 124 valence electrons. The fourth-order valence-corrected chi connectivity index (χ4v) is 2.50. The second kappa shape index (κ2) is 7.33. The summed E-state index contributed by atoms with van der Waals surface area (Å²) in [7, 11) is 1.76. The molecule has 0 bridgehead atoms. The van der Waals surface area contributed by atoms with Crippen molar-refractivity contribution in [2.45, 2.75) is 26.8 Å². The molecule has 0 saturated carbocycles. The van der Waals surface area contributed by atoms with Gasteiger partial charge in [-0.25, -0.2) is 0 Å². The lowest BCUT2D eigenvalue weighted by Gasteiger charge is -2.18. The Kier molecular flexibility index (Phi) is 5.45. The van der Waals surface area contributed by atoms with Crippen molar-refractivity contribution < 1.29 is 4.74 Å². The van der Waals surface area contributed by atoms with Crippen LogP contribution in [0.1, 0.15) is 19.4 Å². The summed E-state index contributed by atoms with van der Waals surface area (Å²) in [5, 5.41) is 3.38. The molecule has 0 aliphatic heterocycles. The summed E-state index contributed by atoms with van der Waals surface area (Å²) >= 11 is 0. The number of hydrogen-bond acceptors (Lipinski definition) is 4. The van der Waals surface area contributed by atoms with Gasteiger partial charge in [0.25, 0.3) is 5.56 Å². The van der Waals surface area contributed by atoms with Gasteiger partial charge >= 0.3 is 0 Å². The summed E-state index contributed by atoms with van der Waals surface area (Å²) < 4.78 is 7.03. The Balaban J connectivity index is 2.31. The van der Waals surface area contributed by atoms with Gasteiger partial charge in [-0.1, -0.05) is 6.07 Å². The number of nitrogens with one attached hydrogen (secondary N) is 1. The number of anilines is 2. The van der Waals surface area contributed by atoms with E-state index in [0.717, 1.165) is 22.4 Å². The maximum atomic E-state index is 11.8.